The van der Waals surface area contributed by atoms with E-state index in [1.165, 1.54) is 44.9 Å². The fourth-order valence-electron chi connectivity index (χ4n) is 4.05. The number of hydrogen-bond donors (Lipinski definition) is 2. The number of carbonyl (C=O) groups excluding carboxylic acids is 1. The van der Waals surface area contributed by atoms with Gasteiger partial charge in [0.2, 0.25) is 0 Å². The molecule has 4 heteroatoms. The van der Waals surface area contributed by atoms with Crippen LogP contribution in [0.15, 0.2) is 0 Å². The Hall–Kier alpha value is -0.770. The average molecular weight is 265 g/mol. The fourth-order valence-corrected chi connectivity index (χ4v) is 4.05. The summed E-state index contributed by atoms with van der Waals surface area (Å²) in [5.41, 5.74) is 0.378. The Labute approximate surface area is 116 Å². The quantitative estimate of drug-likeness (QED) is 0.801. The number of carbonyl (C=O) groups is 1. The lowest BCUT2D eigenvalue weighted by Gasteiger charge is -2.33. The van der Waals surface area contributed by atoms with Crippen molar-refractivity contribution in [1.29, 1.82) is 0 Å². The first-order chi connectivity index (χ1) is 9.27. The van der Waals surface area contributed by atoms with Crippen molar-refractivity contribution >= 4 is 6.03 Å². The molecule has 2 amide bonds. The third-order valence-electron chi connectivity index (χ3n) is 5.30. The summed E-state index contributed by atoms with van der Waals surface area (Å²) in [5.74, 6) is 0.733. The minimum atomic E-state index is 0.175. The second-order valence-electron chi connectivity index (χ2n) is 6.79. The molecule has 1 saturated carbocycles. The maximum atomic E-state index is 12.2. The molecule has 108 valence electrons. The summed E-state index contributed by atoms with van der Waals surface area (Å²) < 4.78 is 0. The summed E-state index contributed by atoms with van der Waals surface area (Å²) in [6.07, 6.45) is 9.02. The predicted octanol–water partition coefficient (Wildman–Crippen LogP) is 1.96. The summed E-state index contributed by atoms with van der Waals surface area (Å²) in [6, 6.07) is 0.175. The molecular weight excluding hydrogens is 238 g/mol. The first-order valence-electron chi connectivity index (χ1n) is 8.01. The van der Waals surface area contributed by atoms with E-state index in [2.05, 4.69) is 10.6 Å². The summed E-state index contributed by atoms with van der Waals surface area (Å²) in [5, 5.41) is 6.65. The van der Waals surface area contributed by atoms with E-state index in [0.29, 0.717) is 5.41 Å². The molecule has 3 aliphatic rings. The van der Waals surface area contributed by atoms with Crippen LogP contribution in [-0.4, -0.2) is 43.7 Å². The predicted molar refractivity (Wildman–Crippen MR) is 76.1 cm³/mol. The Morgan fingerprint density at radius 1 is 1.26 bits per heavy atom. The van der Waals surface area contributed by atoms with Crippen LogP contribution in [0.1, 0.15) is 44.9 Å². The zero-order valence-corrected chi connectivity index (χ0v) is 11.9. The highest BCUT2D eigenvalue weighted by molar-refractivity contribution is 5.74. The van der Waals surface area contributed by atoms with Crippen molar-refractivity contribution in [2.45, 2.75) is 44.9 Å². The van der Waals surface area contributed by atoms with Gasteiger partial charge in [0.05, 0.1) is 0 Å². The van der Waals surface area contributed by atoms with Crippen molar-refractivity contribution in [3.63, 3.8) is 0 Å². The zero-order chi connectivity index (χ0) is 13.1. The minimum absolute atomic E-state index is 0.175. The van der Waals surface area contributed by atoms with Gasteiger partial charge in [0.15, 0.2) is 0 Å². The van der Waals surface area contributed by atoms with Gasteiger partial charge in [0.1, 0.15) is 0 Å². The number of urea groups is 1. The van der Waals surface area contributed by atoms with Crippen molar-refractivity contribution in [2.24, 2.45) is 11.3 Å². The van der Waals surface area contributed by atoms with E-state index in [1.807, 2.05) is 4.90 Å². The molecule has 1 aliphatic carbocycles. The van der Waals surface area contributed by atoms with Crippen molar-refractivity contribution in [1.82, 2.24) is 15.5 Å². The van der Waals surface area contributed by atoms with E-state index in [1.54, 1.807) is 0 Å². The van der Waals surface area contributed by atoms with Gasteiger partial charge in [-0.3, -0.25) is 0 Å². The van der Waals surface area contributed by atoms with Gasteiger partial charge >= 0.3 is 6.03 Å². The number of nitrogens with zero attached hydrogens (tertiary/aromatic N) is 1. The van der Waals surface area contributed by atoms with Crippen LogP contribution in [-0.2, 0) is 0 Å². The Balaban J connectivity index is 1.45. The molecule has 1 atom stereocenters. The topological polar surface area (TPSA) is 44.4 Å². The standard InChI is InChI=1S/C15H27N3O/c19-14(17-10-13-4-1-2-5-13)18-9-7-15(12-18)6-3-8-16-11-15/h13,16H,1-12H2,(H,17,19). The molecule has 4 nitrogen and oxygen atoms in total. The number of nitrogens with one attached hydrogen (secondary N) is 2. The van der Waals surface area contributed by atoms with E-state index in [4.69, 9.17) is 0 Å². The van der Waals surface area contributed by atoms with Crippen molar-refractivity contribution in [2.75, 3.05) is 32.7 Å². The van der Waals surface area contributed by atoms with Crippen LogP contribution in [0.3, 0.4) is 0 Å². The molecule has 1 unspecified atom stereocenters. The molecule has 2 N–H and O–H groups in total. The van der Waals surface area contributed by atoms with Crippen LogP contribution in [0.25, 0.3) is 0 Å². The molecule has 2 saturated heterocycles. The van der Waals surface area contributed by atoms with Gasteiger partial charge in [0, 0.05) is 31.6 Å². The lowest BCUT2D eigenvalue weighted by molar-refractivity contribution is 0.184. The van der Waals surface area contributed by atoms with Gasteiger partial charge in [0.25, 0.3) is 0 Å². The number of piperidine rings is 1. The van der Waals surface area contributed by atoms with Crippen LogP contribution >= 0.6 is 0 Å². The van der Waals surface area contributed by atoms with E-state index in [-0.39, 0.29) is 6.03 Å². The van der Waals surface area contributed by atoms with Gasteiger partial charge in [-0.25, -0.2) is 4.79 Å². The highest BCUT2D eigenvalue weighted by Crippen LogP contribution is 2.36. The second-order valence-corrected chi connectivity index (χ2v) is 6.79. The first-order valence-corrected chi connectivity index (χ1v) is 8.01. The van der Waals surface area contributed by atoms with Crippen LogP contribution in [0.2, 0.25) is 0 Å². The van der Waals surface area contributed by atoms with Crippen LogP contribution in [0.5, 0.6) is 0 Å². The number of rotatable bonds is 2. The molecule has 19 heavy (non-hydrogen) atoms. The Morgan fingerprint density at radius 3 is 2.84 bits per heavy atom. The van der Waals surface area contributed by atoms with Crippen molar-refractivity contribution in [3.05, 3.63) is 0 Å². The average Bonchev–Trinajstić information content (AvgIpc) is 3.07. The molecule has 0 aromatic heterocycles. The number of likely N-dealkylation sites (tertiary alicyclic amines) is 1. The molecule has 3 rings (SSSR count). The van der Waals surface area contributed by atoms with Crippen molar-refractivity contribution < 1.29 is 4.79 Å². The summed E-state index contributed by atoms with van der Waals surface area (Å²) in [7, 11) is 0. The molecule has 0 aromatic rings. The highest BCUT2D eigenvalue weighted by atomic mass is 16.2. The van der Waals surface area contributed by atoms with E-state index in [0.717, 1.165) is 38.6 Å². The molecular formula is C15H27N3O. The molecule has 0 aromatic carbocycles. The van der Waals surface area contributed by atoms with Gasteiger partial charge in [-0.2, -0.15) is 0 Å². The Morgan fingerprint density at radius 2 is 2.11 bits per heavy atom. The van der Waals surface area contributed by atoms with Gasteiger partial charge in [-0.15, -0.1) is 0 Å². The second kappa shape index (κ2) is 5.70. The first kappa shape index (κ1) is 13.2. The van der Waals surface area contributed by atoms with Crippen molar-refractivity contribution in [3.8, 4) is 0 Å². The summed E-state index contributed by atoms with van der Waals surface area (Å²) in [4.78, 5) is 14.3. The molecule has 2 aliphatic heterocycles. The summed E-state index contributed by atoms with van der Waals surface area (Å²) in [6.45, 7) is 5.03. The largest absolute Gasteiger partial charge is 0.338 e. The molecule has 0 bridgehead atoms. The lowest BCUT2D eigenvalue weighted by atomic mass is 9.80. The maximum Gasteiger partial charge on any atom is 0.317 e. The monoisotopic (exact) mass is 265 g/mol. The maximum absolute atomic E-state index is 12.2. The zero-order valence-electron chi connectivity index (χ0n) is 11.9. The van der Waals surface area contributed by atoms with Crippen LogP contribution < -0.4 is 10.6 Å². The molecule has 3 fully saturated rings. The van der Waals surface area contributed by atoms with Crippen LogP contribution in [0, 0.1) is 11.3 Å². The minimum Gasteiger partial charge on any atom is -0.338 e. The SMILES string of the molecule is O=C(NCC1CCCC1)N1CCC2(CCCNC2)C1. The Bertz CT molecular complexity index is 319. The van der Waals surface area contributed by atoms with Crippen LogP contribution in [0.4, 0.5) is 4.79 Å². The third-order valence-corrected chi connectivity index (χ3v) is 5.30. The Kier molecular flexibility index (Phi) is 3.96. The number of hydrogen-bond acceptors (Lipinski definition) is 2. The smallest absolute Gasteiger partial charge is 0.317 e. The fraction of sp³-hybridized carbons (Fsp3) is 0.933. The summed E-state index contributed by atoms with van der Waals surface area (Å²) >= 11 is 0. The highest BCUT2D eigenvalue weighted by Gasteiger charge is 2.40. The van der Waals surface area contributed by atoms with Gasteiger partial charge in [-0.1, -0.05) is 12.8 Å². The van der Waals surface area contributed by atoms with E-state index >= 15 is 0 Å². The number of amides is 2. The van der Waals surface area contributed by atoms with Gasteiger partial charge in [-0.05, 0) is 44.6 Å². The molecule has 1 spiro atoms. The van der Waals surface area contributed by atoms with E-state index < -0.39 is 0 Å². The molecule has 2 heterocycles. The normalized spacial score (nSPS) is 32.1. The lowest BCUT2D eigenvalue weighted by Crippen LogP contribution is -2.45. The van der Waals surface area contributed by atoms with E-state index in [9.17, 15) is 4.79 Å². The van der Waals surface area contributed by atoms with Gasteiger partial charge < -0.3 is 15.5 Å². The third kappa shape index (κ3) is 3.04. The molecule has 0 radical (unpaired) electrons.